The number of fused-ring (bicyclic) bond motifs is 1. The largest absolute Gasteiger partial charge is 0.496 e. The molecule has 0 radical (unpaired) electrons. The van der Waals surface area contributed by atoms with E-state index in [4.69, 9.17) is 9.72 Å². The van der Waals surface area contributed by atoms with Crippen LogP contribution in [0, 0.1) is 12.7 Å². The highest BCUT2D eigenvalue weighted by molar-refractivity contribution is 6.03. The molecule has 3 aromatic rings. The SMILES string of the molecule is COc1ccc(F)cc1-c1c(C)nc(NC2CCNCC2)c2ccccc12. The molecule has 0 bridgehead atoms. The zero-order chi connectivity index (χ0) is 18.8. The van der Waals surface area contributed by atoms with Crippen molar-refractivity contribution < 1.29 is 9.13 Å². The summed E-state index contributed by atoms with van der Waals surface area (Å²) in [5.41, 5.74) is 2.50. The van der Waals surface area contributed by atoms with Gasteiger partial charge in [-0.2, -0.15) is 0 Å². The Morgan fingerprint density at radius 2 is 1.85 bits per heavy atom. The number of hydrogen-bond donors (Lipinski definition) is 2. The summed E-state index contributed by atoms with van der Waals surface area (Å²) in [5, 5.41) is 9.11. The molecule has 1 aliphatic heterocycles. The normalized spacial score (nSPS) is 15.1. The van der Waals surface area contributed by atoms with Crippen molar-refractivity contribution in [2.75, 3.05) is 25.5 Å². The molecular weight excluding hydrogens is 341 g/mol. The molecule has 1 saturated heterocycles. The number of anilines is 1. The fourth-order valence-corrected chi connectivity index (χ4v) is 3.87. The molecule has 27 heavy (non-hydrogen) atoms. The summed E-state index contributed by atoms with van der Waals surface area (Å²) in [6.07, 6.45) is 2.16. The van der Waals surface area contributed by atoms with Crippen molar-refractivity contribution in [2.24, 2.45) is 0 Å². The second-order valence-electron chi connectivity index (χ2n) is 6.98. The molecule has 4 nitrogen and oxygen atoms in total. The van der Waals surface area contributed by atoms with E-state index in [1.54, 1.807) is 13.2 Å². The number of aromatic nitrogens is 1. The van der Waals surface area contributed by atoms with Crippen molar-refractivity contribution >= 4 is 16.6 Å². The van der Waals surface area contributed by atoms with Gasteiger partial charge in [-0.1, -0.05) is 24.3 Å². The molecule has 2 aromatic carbocycles. The van der Waals surface area contributed by atoms with Crippen molar-refractivity contribution in [3.8, 4) is 16.9 Å². The fourth-order valence-electron chi connectivity index (χ4n) is 3.87. The summed E-state index contributed by atoms with van der Waals surface area (Å²) in [7, 11) is 1.61. The molecule has 0 saturated carbocycles. The summed E-state index contributed by atoms with van der Waals surface area (Å²) in [4.78, 5) is 4.87. The first-order chi connectivity index (χ1) is 13.2. The third-order valence-electron chi connectivity index (χ3n) is 5.20. The molecule has 1 aromatic heterocycles. The molecule has 0 unspecified atom stereocenters. The van der Waals surface area contributed by atoms with Crippen LogP contribution >= 0.6 is 0 Å². The molecule has 4 rings (SSSR count). The number of piperidine rings is 1. The predicted octanol–water partition coefficient (Wildman–Crippen LogP) is 4.52. The maximum atomic E-state index is 14.0. The van der Waals surface area contributed by atoms with Gasteiger partial charge >= 0.3 is 0 Å². The van der Waals surface area contributed by atoms with Crippen LogP contribution in [0.1, 0.15) is 18.5 Å². The van der Waals surface area contributed by atoms with E-state index in [0.29, 0.717) is 11.8 Å². The van der Waals surface area contributed by atoms with Crippen LogP contribution < -0.4 is 15.4 Å². The maximum Gasteiger partial charge on any atom is 0.134 e. The van der Waals surface area contributed by atoms with E-state index in [9.17, 15) is 4.39 Å². The van der Waals surface area contributed by atoms with Gasteiger partial charge in [-0.3, -0.25) is 0 Å². The van der Waals surface area contributed by atoms with Crippen LogP contribution in [0.2, 0.25) is 0 Å². The Morgan fingerprint density at radius 1 is 1.11 bits per heavy atom. The number of pyridine rings is 1. The smallest absolute Gasteiger partial charge is 0.134 e. The van der Waals surface area contributed by atoms with Crippen LogP contribution in [0.25, 0.3) is 21.9 Å². The first-order valence-corrected chi connectivity index (χ1v) is 9.38. The van der Waals surface area contributed by atoms with Gasteiger partial charge in [0, 0.05) is 28.2 Å². The molecule has 140 valence electrons. The third-order valence-corrected chi connectivity index (χ3v) is 5.20. The summed E-state index contributed by atoms with van der Waals surface area (Å²) in [5.74, 6) is 1.26. The first kappa shape index (κ1) is 17.7. The van der Waals surface area contributed by atoms with Gasteiger partial charge in [-0.05, 0) is 56.4 Å². The number of halogens is 1. The summed E-state index contributed by atoms with van der Waals surface area (Å²) in [6, 6.07) is 13.2. The van der Waals surface area contributed by atoms with Gasteiger partial charge in [0.2, 0.25) is 0 Å². The minimum absolute atomic E-state index is 0.286. The monoisotopic (exact) mass is 365 g/mol. The zero-order valence-corrected chi connectivity index (χ0v) is 15.7. The van der Waals surface area contributed by atoms with Crippen LogP contribution in [-0.4, -0.2) is 31.2 Å². The van der Waals surface area contributed by atoms with Crippen molar-refractivity contribution in [1.82, 2.24) is 10.3 Å². The quantitative estimate of drug-likeness (QED) is 0.713. The highest BCUT2D eigenvalue weighted by Crippen LogP contribution is 2.39. The number of aryl methyl sites for hydroxylation is 1. The lowest BCUT2D eigenvalue weighted by atomic mass is 9.96. The second-order valence-corrected chi connectivity index (χ2v) is 6.98. The first-order valence-electron chi connectivity index (χ1n) is 9.38. The Balaban J connectivity index is 1.87. The van der Waals surface area contributed by atoms with E-state index < -0.39 is 0 Å². The van der Waals surface area contributed by atoms with Gasteiger partial charge in [0.15, 0.2) is 0 Å². The van der Waals surface area contributed by atoms with Crippen LogP contribution in [0.5, 0.6) is 5.75 Å². The topological polar surface area (TPSA) is 46.2 Å². The van der Waals surface area contributed by atoms with Gasteiger partial charge in [0.25, 0.3) is 0 Å². The molecule has 1 fully saturated rings. The minimum Gasteiger partial charge on any atom is -0.496 e. The lowest BCUT2D eigenvalue weighted by Crippen LogP contribution is -2.35. The van der Waals surface area contributed by atoms with Crippen molar-refractivity contribution in [1.29, 1.82) is 0 Å². The Bertz CT molecular complexity index is 967. The van der Waals surface area contributed by atoms with Crippen LogP contribution in [0.4, 0.5) is 10.2 Å². The van der Waals surface area contributed by atoms with E-state index in [1.807, 2.05) is 19.1 Å². The molecule has 0 aliphatic carbocycles. The van der Waals surface area contributed by atoms with Gasteiger partial charge < -0.3 is 15.4 Å². The molecular formula is C22H24FN3O. The summed E-state index contributed by atoms with van der Waals surface area (Å²) < 4.78 is 19.5. The predicted molar refractivity (Wildman–Crippen MR) is 108 cm³/mol. The average molecular weight is 365 g/mol. The van der Waals surface area contributed by atoms with E-state index in [-0.39, 0.29) is 5.82 Å². The number of methoxy groups -OCH3 is 1. The molecule has 2 heterocycles. The van der Waals surface area contributed by atoms with Gasteiger partial charge in [0.05, 0.1) is 7.11 Å². The van der Waals surface area contributed by atoms with Gasteiger partial charge in [-0.15, -0.1) is 0 Å². The highest BCUT2D eigenvalue weighted by atomic mass is 19.1. The molecule has 2 N–H and O–H groups in total. The Kier molecular flexibility index (Phi) is 4.94. The minimum atomic E-state index is -0.286. The Hall–Kier alpha value is -2.66. The number of benzene rings is 2. The number of rotatable bonds is 4. The number of hydrogen-bond acceptors (Lipinski definition) is 4. The van der Waals surface area contributed by atoms with E-state index in [0.717, 1.165) is 59.3 Å². The van der Waals surface area contributed by atoms with Gasteiger partial charge in [0.1, 0.15) is 17.4 Å². The lowest BCUT2D eigenvalue weighted by Gasteiger charge is -2.25. The summed E-state index contributed by atoms with van der Waals surface area (Å²) >= 11 is 0. The van der Waals surface area contributed by atoms with Crippen LogP contribution in [0.3, 0.4) is 0 Å². The Labute approximate surface area is 158 Å². The molecule has 0 spiro atoms. The Morgan fingerprint density at radius 3 is 2.59 bits per heavy atom. The highest BCUT2D eigenvalue weighted by Gasteiger charge is 2.19. The summed E-state index contributed by atoms with van der Waals surface area (Å²) in [6.45, 7) is 4.01. The standard InChI is InChI=1S/C22H24FN3O/c1-14-21(19-13-15(23)7-8-20(19)27-2)17-5-3-4-6-18(17)22(25-14)26-16-9-11-24-12-10-16/h3-8,13,16,24H,9-12H2,1-2H3,(H,25,26). The van der Waals surface area contributed by atoms with Crippen molar-refractivity contribution in [3.63, 3.8) is 0 Å². The second kappa shape index (κ2) is 7.53. The third kappa shape index (κ3) is 3.47. The molecule has 1 aliphatic rings. The molecule has 0 amide bonds. The molecule has 5 heteroatoms. The fraction of sp³-hybridized carbons (Fsp3) is 0.318. The van der Waals surface area contributed by atoms with Crippen LogP contribution in [-0.2, 0) is 0 Å². The van der Waals surface area contributed by atoms with Crippen molar-refractivity contribution in [3.05, 3.63) is 54.0 Å². The number of ether oxygens (including phenoxy) is 1. The molecule has 0 atom stereocenters. The van der Waals surface area contributed by atoms with Crippen molar-refractivity contribution in [2.45, 2.75) is 25.8 Å². The van der Waals surface area contributed by atoms with E-state index in [1.165, 1.54) is 12.1 Å². The number of nitrogens with zero attached hydrogens (tertiary/aromatic N) is 1. The van der Waals surface area contributed by atoms with E-state index in [2.05, 4.69) is 22.8 Å². The van der Waals surface area contributed by atoms with Gasteiger partial charge in [-0.25, -0.2) is 9.37 Å². The lowest BCUT2D eigenvalue weighted by molar-refractivity contribution is 0.415. The zero-order valence-electron chi connectivity index (χ0n) is 15.7. The van der Waals surface area contributed by atoms with Crippen LogP contribution in [0.15, 0.2) is 42.5 Å². The number of nitrogens with one attached hydrogen (secondary N) is 2. The average Bonchev–Trinajstić information content (AvgIpc) is 2.69. The van der Waals surface area contributed by atoms with E-state index >= 15 is 0 Å². The maximum absolute atomic E-state index is 14.0.